The monoisotopic (exact) mass is 362 g/mol. The average Bonchev–Trinajstić information content (AvgIpc) is 3.22. The molecule has 3 rings (SSSR count). The van der Waals surface area contributed by atoms with Gasteiger partial charge < -0.3 is 15.1 Å². The lowest BCUT2D eigenvalue weighted by Crippen LogP contribution is -2.47. The van der Waals surface area contributed by atoms with Crippen molar-refractivity contribution in [3.8, 4) is 0 Å². The first-order valence-corrected chi connectivity index (χ1v) is 8.83. The highest BCUT2D eigenvalue weighted by Crippen LogP contribution is 2.07. The molecule has 1 aromatic heterocycles. The van der Waals surface area contributed by atoms with Crippen molar-refractivity contribution in [2.45, 2.75) is 25.9 Å². The van der Waals surface area contributed by atoms with Crippen LogP contribution in [-0.2, 0) is 17.8 Å². The molecule has 0 saturated carbocycles. The molecule has 138 valence electrons. The van der Waals surface area contributed by atoms with Gasteiger partial charge in [0.1, 0.15) is 6.04 Å². The van der Waals surface area contributed by atoms with Crippen molar-refractivity contribution in [3.05, 3.63) is 95.4 Å². The van der Waals surface area contributed by atoms with E-state index in [1.807, 2.05) is 61.5 Å². The maximum Gasteiger partial charge on any atom is 0.287 e. The van der Waals surface area contributed by atoms with Crippen LogP contribution < -0.4 is 10.6 Å². The zero-order valence-electron chi connectivity index (χ0n) is 15.1. The van der Waals surface area contributed by atoms with Crippen LogP contribution in [0.4, 0.5) is 0 Å². The summed E-state index contributed by atoms with van der Waals surface area (Å²) in [6, 6.07) is 20.1. The van der Waals surface area contributed by atoms with Crippen LogP contribution in [0.2, 0.25) is 0 Å². The highest BCUT2D eigenvalue weighted by molar-refractivity contribution is 5.95. The molecule has 0 bridgehead atoms. The average molecular weight is 362 g/mol. The molecule has 1 heterocycles. The highest BCUT2D eigenvalue weighted by atomic mass is 16.3. The molecule has 2 aromatic carbocycles. The van der Waals surface area contributed by atoms with Gasteiger partial charge in [0, 0.05) is 13.0 Å². The normalized spacial score (nSPS) is 11.6. The van der Waals surface area contributed by atoms with Crippen molar-refractivity contribution in [2.24, 2.45) is 0 Å². The van der Waals surface area contributed by atoms with Crippen LogP contribution >= 0.6 is 0 Å². The highest BCUT2D eigenvalue weighted by Gasteiger charge is 2.22. The zero-order chi connectivity index (χ0) is 19.1. The van der Waals surface area contributed by atoms with Crippen LogP contribution in [-0.4, -0.2) is 17.9 Å². The molecule has 2 amide bonds. The lowest BCUT2D eigenvalue weighted by atomic mass is 10.0. The van der Waals surface area contributed by atoms with Crippen molar-refractivity contribution < 1.29 is 14.0 Å². The number of furan rings is 1. The Labute approximate surface area is 158 Å². The molecule has 0 saturated heterocycles. The predicted molar refractivity (Wildman–Crippen MR) is 103 cm³/mol. The molecule has 27 heavy (non-hydrogen) atoms. The van der Waals surface area contributed by atoms with E-state index in [1.54, 1.807) is 12.1 Å². The minimum absolute atomic E-state index is 0.180. The number of aryl methyl sites for hydroxylation is 1. The first-order chi connectivity index (χ1) is 13.1. The molecule has 5 heteroatoms. The van der Waals surface area contributed by atoms with Gasteiger partial charge in [0.15, 0.2) is 5.76 Å². The fourth-order valence-electron chi connectivity index (χ4n) is 2.71. The predicted octanol–water partition coefficient (Wildman–Crippen LogP) is 3.25. The molecule has 0 aliphatic rings. The largest absolute Gasteiger partial charge is 0.459 e. The maximum absolute atomic E-state index is 12.7. The Morgan fingerprint density at radius 3 is 2.33 bits per heavy atom. The molecule has 0 fully saturated rings. The van der Waals surface area contributed by atoms with Crippen LogP contribution in [0.15, 0.2) is 77.4 Å². The van der Waals surface area contributed by atoms with E-state index in [-0.39, 0.29) is 11.7 Å². The molecule has 2 N–H and O–H groups in total. The van der Waals surface area contributed by atoms with E-state index >= 15 is 0 Å². The number of nitrogens with one attached hydrogen (secondary N) is 2. The number of carbonyl (C=O) groups excluding carboxylic acids is 2. The Kier molecular flexibility index (Phi) is 6.05. The van der Waals surface area contributed by atoms with Gasteiger partial charge in [-0.25, -0.2) is 0 Å². The molecule has 1 atom stereocenters. The number of hydrogen-bond donors (Lipinski definition) is 2. The van der Waals surface area contributed by atoms with Gasteiger partial charge in [-0.05, 0) is 30.2 Å². The summed E-state index contributed by atoms with van der Waals surface area (Å²) in [5.74, 6) is -0.467. The van der Waals surface area contributed by atoms with Gasteiger partial charge in [-0.3, -0.25) is 9.59 Å². The molecule has 0 radical (unpaired) electrons. The maximum atomic E-state index is 12.7. The summed E-state index contributed by atoms with van der Waals surface area (Å²) in [7, 11) is 0. The van der Waals surface area contributed by atoms with Crippen molar-refractivity contribution in [1.82, 2.24) is 10.6 Å². The number of carbonyl (C=O) groups is 2. The van der Waals surface area contributed by atoms with Crippen LogP contribution in [0.3, 0.4) is 0 Å². The van der Waals surface area contributed by atoms with Crippen LogP contribution in [0, 0.1) is 6.92 Å². The van der Waals surface area contributed by atoms with E-state index in [4.69, 9.17) is 4.42 Å². The number of rotatable bonds is 7. The minimum Gasteiger partial charge on any atom is -0.459 e. The van der Waals surface area contributed by atoms with Gasteiger partial charge in [0.05, 0.1) is 6.26 Å². The summed E-state index contributed by atoms with van der Waals surface area (Å²) >= 11 is 0. The third-order valence-corrected chi connectivity index (χ3v) is 4.24. The van der Waals surface area contributed by atoms with E-state index in [9.17, 15) is 9.59 Å². The van der Waals surface area contributed by atoms with E-state index in [0.29, 0.717) is 13.0 Å². The van der Waals surface area contributed by atoms with E-state index in [1.165, 1.54) is 6.26 Å². The first kappa shape index (κ1) is 18.5. The standard InChI is InChI=1S/C22H22N2O3/c1-16-9-11-18(12-10-16)15-23-21(25)19(14-17-6-3-2-4-7-17)24-22(26)20-8-5-13-27-20/h2-13,19H,14-15H2,1H3,(H,23,25)(H,24,26)/t19-/m1/s1. The Hall–Kier alpha value is -3.34. The van der Waals surface area contributed by atoms with E-state index < -0.39 is 11.9 Å². The molecule has 0 unspecified atom stereocenters. The molecule has 3 aromatic rings. The lowest BCUT2D eigenvalue weighted by molar-refractivity contribution is -0.123. The van der Waals surface area contributed by atoms with Gasteiger partial charge in [-0.15, -0.1) is 0 Å². The second kappa shape index (κ2) is 8.85. The van der Waals surface area contributed by atoms with Gasteiger partial charge in [0.2, 0.25) is 5.91 Å². The van der Waals surface area contributed by atoms with Gasteiger partial charge in [-0.1, -0.05) is 60.2 Å². The Morgan fingerprint density at radius 1 is 0.926 bits per heavy atom. The third kappa shape index (κ3) is 5.31. The minimum atomic E-state index is -0.699. The van der Waals surface area contributed by atoms with Gasteiger partial charge >= 0.3 is 0 Å². The molecule has 0 aliphatic carbocycles. The molecule has 5 nitrogen and oxygen atoms in total. The van der Waals surface area contributed by atoms with Gasteiger partial charge in [-0.2, -0.15) is 0 Å². The lowest BCUT2D eigenvalue weighted by Gasteiger charge is -2.18. The summed E-state index contributed by atoms with van der Waals surface area (Å²) in [5, 5.41) is 5.67. The molecular formula is C22H22N2O3. The van der Waals surface area contributed by atoms with Crippen LogP contribution in [0.1, 0.15) is 27.2 Å². The second-order valence-electron chi connectivity index (χ2n) is 6.40. The van der Waals surface area contributed by atoms with E-state index in [2.05, 4.69) is 10.6 Å². The molecular weight excluding hydrogens is 340 g/mol. The quantitative estimate of drug-likeness (QED) is 0.678. The van der Waals surface area contributed by atoms with E-state index in [0.717, 1.165) is 16.7 Å². The summed E-state index contributed by atoms with van der Waals surface area (Å²) in [6.45, 7) is 2.42. The smallest absolute Gasteiger partial charge is 0.287 e. The summed E-state index contributed by atoms with van der Waals surface area (Å²) < 4.78 is 5.12. The second-order valence-corrected chi connectivity index (χ2v) is 6.40. The summed E-state index contributed by atoms with van der Waals surface area (Å²) in [5.41, 5.74) is 3.13. The fourth-order valence-corrected chi connectivity index (χ4v) is 2.71. The molecule has 0 aliphatic heterocycles. The Morgan fingerprint density at radius 2 is 1.67 bits per heavy atom. The Bertz CT molecular complexity index is 872. The molecule has 0 spiro atoms. The van der Waals surface area contributed by atoms with Gasteiger partial charge in [0.25, 0.3) is 5.91 Å². The fraction of sp³-hybridized carbons (Fsp3) is 0.182. The number of benzene rings is 2. The number of amides is 2. The van der Waals surface area contributed by atoms with Crippen molar-refractivity contribution in [2.75, 3.05) is 0 Å². The Balaban J connectivity index is 1.68. The topological polar surface area (TPSA) is 71.3 Å². The van der Waals surface area contributed by atoms with Crippen molar-refractivity contribution in [1.29, 1.82) is 0 Å². The van der Waals surface area contributed by atoms with Crippen molar-refractivity contribution >= 4 is 11.8 Å². The van der Waals surface area contributed by atoms with Crippen LogP contribution in [0.25, 0.3) is 0 Å². The summed E-state index contributed by atoms with van der Waals surface area (Å²) in [4.78, 5) is 25.1. The number of hydrogen-bond acceptors (Lipinski definition) is 3. The third-order valence-electron chi connectivity index (χ3n) is 4.24. The summed E-state index contributed by atoms with van der Waals surface area (Å²) in [6.07, 6.45) is 1.82. The van der Waals surface area contributed by atoms with Crippen molar-refractivity contribution in [3.63, 3.8) is 0 Å². The SMILES string of the molecule is Cc1ccc(CNC(=O)[C@@H](Cc2ccccc2)NC(=O)c2ccco2)cc1. The zero-order valence-corrected chi connectivity index (χ0v) is 15.1. The first-order valence-electron chi connectivity index (χ1n) is 8.83. The van der Waals surface area contributed by atoms with Crippen LogP contribution in [0.5, 0.6) is 0 Å².